The molecule has 2 aliphatic heterocycles. The second kappa shape index (κ2) is 14.3. The first-order valence-corrected chi connectivity index (χ1v) is 15.2. The fourth-order valence-electron chi connectivity index (χ4n) is 6.13. The molecule has 2 aromatic carbocycles. The van der Waals surface area contributed by atoms with Gasteiger partial charge in [0.15, 0.2) is 0 Å². The highest BCUT2D eigenvalue weighted by Crippen LogP contribution is 2.36. The molecule has 242 valence electrons. The van der Waals surface area contributed by atoms with E-state index >= 15 is 0 Å². The van der Waals surface area contributed by atoms with Crippen molar-refractivity contribution >= 4 is 35.1 Å². The molecular formula is C32H41F3N8O2. The van der Waals surface area contributed by atoms with E-state index in [1.807, 2.05) is 24.3 Å². The fourth-order valence-corrected chi connectivity index (χ4v) is 6.13. The van der Waals surface area contributed by atoms with E-state index in [4.69, 9.17) is 4.74 Å². The minimum absolute atomic E-state index is 0.0135. The van der Waals surface area contributed by atoms with Gasteiger partial charge in [-0.15, -0.1) is 0 Å². The largest absolute Gasteiger partial charge is 0.494 e. The van der Waals surface area contributed by atoms with Crippen molar-refractivity contribution in [1.82, 2.24) is 19.8 Å². The zero-order chi connectivity index (χ0) is 32.0. The number of hydrogen-bond acceptors (Lipinski definition) is 10. The van der Waals surface area contributed by atoms with E-state index in [9.17, 15) is 18.0 Å². The maximum Gasteiger partial charge on any atom is 0.421 e. The number of anilines is 5. The number of alkyl halides is 3. The standard InChI is InChI=1S/C32H41F3N8O2/c1-36-27-6-4-5-22(25(27)11-18-44)20-37-30-26(32(33,34)35)21-38-31(40-30)39-28-8-7-24(19-29(28)45-3)43-16-14-42(15-17-43)23-9-12-41(2)13-10-23/h4-8,18-19,21,23,36H,9-17,20H2,1-3H3,(H2,37,38,39,40). The number of piperidine rings is 1. The number of methoxy groups -OCH3 is 1. The number of benzene rings is 2. The van der Waals surface area contributed by atoms with Gasteiger partial charge in [-0.2, -0.15) is 18.2 Å². The molecule has 0 amide bonds. The predicted molar refractivity (Wildman–Crippen MR) is 171 cm³/mol. The molecule has 0 atom stereocenters. The predicted octanol–water partition coefficient (Wildman–Crippen LogP) is 4.86. The average molecular weight is 627 g/mol. The van der Waals surface area contributed by atoms with Crippen molar-refractivity contribution in [3.8, 4) is 5.75 Å². The topological polar surface area (TPSA) is 97.9 Å². The third-order valence-electron chi connectivity index (χ3n) is 8.69. The summed E-state index contributed by atoms with van der Waals surface area (Å²) in [7, 11) is 5.46. The number of likely N-dealkylation sites (tertiary alicyclic amines) is 1. The van der Waals surface area contributed by atoms with Crippen molar-refractivity contribution in [3.05, 3.63) is 59.3 Å². The molecule has 0 unspecified atom stereocenters. The number of halogens is 3. The van der Waals surface area contributed by atoms with Gasteiger partial charge < -0.3 is 35.3 Å². The maximum atomic E-state index is 13.9. The van der Waals surface area contributed by atoms with Gasteiger partial charge in [-0.25, -0.2) is 4.98 Å². The van der Waals surface area contributed by atoms with Gasteiger partial charge in [0, 0.05) is 75.9 Å². The fraction of sp³-hybridized carbons (Fsp3) is 0.469. The lowest BCUT2D eigenvalue weighted by Gasteiger charge is -2.43. The molecule has 1 aromatic heterocycles. The summed E-state index contributed by atoms with van der Waals surface area (Å²) in [6.07, 6.45) is -0.602. The van der Waals surface area contributed by atoms with Crippen LogP contribution in [-0.4, -0.2) is 92.6 Å². The summed E-state index contributed by atoms with van der Waals surface area (Å²) in [6.45, 7) is 6.13. The van der Waals surface area contributed by atoms with E-state index < -0.39 is 11.7 Å². The molecule has 0 saturated carbocycles. The normalized spacial score (nSPS) is 16.8. The van der Waals surface area contributed by atoms with Gasteiger partial charge in [0.25, 0.3) is 0 Å². The number of aromatic nitrogens is 2. The van der Waals surface area contributed by atoms with Crippen molar-refractivity contribution in [3.63, 3.8) is 0 Å². The molecule has 3 heterocycles. The zero-order valence-electron chi connectivity index (χ0n) is 26.0. The number of aldehydes is 1. The Morgan fingerprint density at radius 3 is 2.47 bits per heavy atom. The number of rotatable bonds is 11. The highest BCUT2D eigenvalue weighted by molar-refractivity contribution is 5.69. The monoisotopic (exact) mass is 626 g/mol. The molecule has 0 bridgehead atoms. The molecule has 3 N–H and O–H groups in total. The van der Waals surface area contributed by atoms with Crippen LogP contribution in [-0.2, 0) is 23.9 Å². The van der Waals surface area contributed by atoms with Gasteiger partial charge >= 0.3 is 6.18 Å². The third kappa shape index (κ3) is 7.77. The van der Waals surface area contributed by atoms with Crippen LogP contribution in [0.3, 0.4) is 0 Å². The molecule has 0 radical (unpaired) electrons. The lowest BCUT2D eigenvalue weighted by atomic mass is 10.0. The van der Waals surface area contributed by atoms with Crippen LogP contribution < -0.4 is 25.6 Å². The quantitative estimate of drug-likeness (QED) is 0.256. The van der Waals surface area contributed by atoms with Gasteiger partial charge in [0.1, 0.15) is 23.4 Å². The highest BCUT2D eigenvalue weighted by Gasteiger charge is 2.35. The number of carbonyl (C=O) groups excluding carboxylic acids is 1. The lowest BCUT2D eigenvalue weighted by Crippen LogP contribution is -2.53. The van der Waals surface area contributed by atoms with Crippen molar-refractivity contribution in [2.24, 2.45) is 0 Å². The molecule has 2 aliphatic rings. The number of piperazine rings is 1. The second-order valence-electron chi connectivity index (χ2n) is 11.4. The Bertz CT molecular complexity index is 1450. The Balaban J connectivity index is 1.30. The van der Waals surface area contributed by atoms with Crippen LogP contribution in [0.15, 0.2) is 42.6 Å². The summed E-state index contributed by atoms with van der Waals surface area (Å²) in [5.41, 5.74) is 2.68. The minimum atomic E-state index is -4.67. The molecule has 2 saturated heterocycles. The number of nitrogens with zero attached hydrogens (tertiary/aromatic N) is 5. The summed E-state index contributed by atoms with van der Waals surface area (Å²) in [5.74, 6) is 0.149. The van der Waals surface area contributed by atoms with E-state index in [0.717, 1.165) is 63.1 Å². The van der Waals surface area contributed by atoms with Gasteiger partial charge in [-0.3, -0.25) is 4.90 Å². The summed E-state index contributed by atoms with van der Waals surface area (Å²) in [4.78, 5) is 26.8. The highest BCUT2D eigenvalue weighted by atomic mass is 19.4. The number of carbonyl (C=O) groups is 1. The molecule has 13 heteroatoms. The first-order valence-electron chi connectivity index (χ1n) is 15.2. The molecule has 45 heavy (non-hydrogen) atoms. The zero-order valence-corrected chi connectivity index (χ0v) is 26.0. The van der Waals surface area contributed by atoms with E-state index in [-0.39, 0.29) is 24.7 Å². The Labute approximate surface area is 262 Å². The molecule has 3 aromatic rings. The lowest BCUT2D eigenvalue weighted by molar-refractivity contribution is -0.137. The van der Waals surface area contributed by atoms with Gasteiger partial charge in [0.2, 0.25) is 5.95 Å². The SMILES string of the molecule is CNc1cccc(CNc2nc(Nc3ccc(N4CCN(C5CCN(C)CC5)CC4)cc3OC)ncc2C(F)(F)F)c1CC=O. The molecule has 0 aliphatic carbocycles. The molecule has 5 rings (SSSR count). The van der Waals surface area contributed by atoms with Crippen LogP contribution in [0.5, 0.6) is 5.75 Å². The van der Waals surface area contributed by atoms with Crippen LogP contribution >= 0.6 is 0 Å². The van der Waals surface area contributed by atoms with Crippen LogP contribution in [0, 0.1) is 0 Å². The molecule has 2 fully saturated rings. The van der Waals surface area contributed by atoms with E-state index in [0.29, 0.717) is 28.6 Å². The Hall–Kier alpha value is -4.10. The van der Waals surface area contributed by atoms with Crippen molar-refractivity contribution < 1.29 is 22.7 Å². The maximum absolute atomic E-state index is 13.9. The van der Waals surface area contributed by atoms with Crippen LogP contribution in [0.1, 0.15) is 29.5 Å². The smallest absolute Gasteiger partial charge is 0.421 e. The summed E-state index contributed by atoms with van der Waals surface area (Å²) in [5, 5.41) is 8.88. The van der Waals surface area contributed by atoms with E-state index in [1.165, 1.54) is 12.8 Å². The first kappa shape index (κ1) is 32.3. The Kier molecular flexibility index (Phi) is 10.3. The van der Waals surface area contributed by atoms with Crippen LogP contribution in [0.2, 0.25) is 0 Å². The second-order valence-corrected chi connectivity index (χ2v) is 11.4. The van der Waals surface area contributed by atoms with Crippen molar-refractivity contribution in [2.75, 3.05) is 81.3 Å². The summed E-state index contributed by atoms with van der Waals surface area (Å²) in [6, 6.07) is 11.7. The molecule has 0 spiro atoms. The van der Waals surface area contributed by atoms with Gasteiger partial charge in [-0.1, -0.05) is 12.1 Å². The molecular weight excluding hydrogens is 585 g/mol. The minimum Gasteiger partial charge on any atom is -0.494 e. The van der Waals surface area contributed by atoms with Crippen LogP contribution in [0.4, 0.5) is 42.0 Å². The Morgan fingerprint density at radius 2 is 1.80 bits per heavy atom. The Morgan fingerprint density at radius 1 is 1.04 bits per heavy atom. The summed E-state index contributed by atoms with van der Waals surface area (Å²) < 4.78 is 47.4. The van der Waals surface area contributed by atoms with Crippen molar-refractivity contribution in [2.45, 2.75) is 38.0 Å². The van der Waals surface area contributed by atoms with E-state index in [1.54, 1.807) is 26.3 Å². The van der Waals surface area contributed by atoms with Gasteiger partial charge in [-0.05, 0) is 62.3 Å². The number of ether oxygens (including phenoxy) is 1. The van der Waals surface area contributed by atoms with Crippen LogP contribution in [0.25, 0.3) is 0 Å². The average Bonchev–Trinajstić information content (AvgIpc) is 3.04. The third-order valence-corrected chi connectivity index (χ3v) is 8.69. The number of nitrogens with one attached hydrogen (secondary N) is 3. The number of hydrogen-bond donors (Lipinski definition) is 3. The van der Waals surface area contributed by atoms with E-state index in [2.05, 4.69) is 47.7 Å². The summed E-state index contributed by atoms with van der Waals surface area (Å²) >= 11 is 0. The molecule has 10 nitrogen and oxygen atoms in total. The first-order chi connectivity index (χ1) is 21.7. The van der Waals surface area contributed by atoms with Crippen molar-refractivity contribution in [1.29, 1.82) is 0 Å². The van der Waals surface area contributed by atoms with Gasteiger partial charge in [0.05, 0.1) is 12.8 Å².